The lowest BCUT2D eigenvalue weighted by molar-refractivity contribution is 0.0137. The maximum absolute atomic E-state index is 12.2. The van der Waals surface area contributed by atoms with E-state index in [1.54, 1.807) is 4.90 Å². The molecule has 0 aromatic carbocycles. The van der Waals surface area contributed by atoms with Gasteiger partial charge < -0.3 is 24.6 Å². The first-order valence-electron chi connectivity index (χ1n) is 9.51. The third kappa shape index (κ3) is 6.38. The molecular formula is C18H34N4O3. The Morgan fingerprint density at radius 3 is 2.76 bits per heavy atom. The van der Waals surface area contributed by atoms with Crippen LogP contribution in [0.2, 0.25) is 0 Å². The average Bonchev–Trinajstić information content (AvgIpc) is 2.95. The molecule has 0 bridgehead atoms. The van der Waals surface area contributed by atoms with Crippen LogP contribution in [0.3, 0.4) is 0 Å². The Labute approximate surface area is 151 Å². The summed E-state index contributed by atoms with van der Waals surface area (Å²) in [6.07, 6.45) is 3.05. The van der Waals surface area contributed by atoms with E-state index < -0.39 is 5.60 Å². The zero-order chi connectivity index (χ0) is 18.3. The molecule has 0 saturated carbocycles. The molecule has 1 amide bonds. The Balaban J connectivity index is 1.67. The molecule has 2 aliphatic heterocycles. The first kappa shape index (κ1) is 19.8. The van der Waals surface area contributed by atoms with Crippen LogP contribution in [0.25, 0.3) is 0 Å². The van der Waals surface area contributed by atoms with Gasteiger partial charge in [0.05, 0.1) is 12.6 Å². The molecule has 2 aliphatic rings. The summed E-state index contributed by atoms with van der Waals surface area (Å²) in [5.41, 5.74) is -0.452. The maximum Gasteiger partial charge on any atom is 0.410 e. The second kappa shape index (κ2) is 9.27. The van der Waals surface area contributed by atoms with Gasteiger partial charge >= 0.3 is 6.09 Å². The Kier molecular flexibility index (Phi) is 7.35. The molecule has 1 N–H and O–H groups in total. The highest BCUT2D eigenvalue weighted by Gasteiger charge is 2.36. The van der Waals surface area contributed by atoms with Crippen LogP contribution in [-0.4, -0.2) is 79.4 Å². The smallest absolute Gasteiger partial charge is 0.410 e. The fraction of sp³-hybridized carbons (Fsp3) is 0.889. The molecule has 144 valence electrons. The Hall–Kier alpha value is -1.50. The van der Waals surface area contributed by atoms with Crippen molar-refractivity contribution in [2.24, 2.45) is 4.99 Å². The number of hydrogen-bond donors (Lipinski definition) is 1. The van der Waals surface area contributed by atoms with Gasteiger partial charge in [0, 0.05) is 39.4 Å². The van der Waals surface area contributed by atoms with E-state index in [2.05, 4.69) is 22.1 Å². The van der Waals surface area contributed by atoms with Crippen LogP contribution in [0.5, 0.6) is 0 Å². The molecule has 1 saturated heterocycles. The highest BCUT2D eigenvalue weighted by atomic mass is 16.6. The molecule has 1 unspecified atom stereocenters. The standard InChI is InChI=1S/C18H34N4O3/c1-5-6-11-24-12-7-8-19-16-20-13-15-14-21(9-10-22(15)16)17(23)25-18(2,3)4/h15H,5-14H2,1-4H3,(H,19,20). The highest BCUT2D eigenvalue weighted by Crippen LogP contribution is 2.18. The molecule has 2 heterocycles. The number of hydrogen-bond acceptors (Lipinski definition) is 6. The van der Waals surface area contributed by atoms with E-state index in [1.165, 1.54) is 6.42 Å². The zero-order valence-corrected chi connectivity index (χ0v) is 16.2. The van der Waals surface area contributed by atoms with Gasteiger partial charge in [0.25, 0.3) is 0 Å². The molecule has 2 rings (SSSR count). The fourth-order valence-electron chi connectivity index (χ4n) is 2.95. The molecule has 1 fully saturated rings. The number of ether oxygens (including phenoxy) is 2. The summed E-state index contributed by atoms with van der Waals surface area (Å²) in [5.74, 6) is 0.961. The number of amides is 1. The molecule has 1 atom stereocenters. The highest BCUT2D eigenvalue weighted by molar-refractivity contribution is 5.82. The first-order valence-corrected chi connectivity index (χ1v) is 9.51. The van der Waals surface area contributed by atoms with Crippen molar-refractivity contribution in [3.63, 3.8) is 0 Å². The topological polar surface area (TPSA) is 66.4 Å². The minimum absolute atomic E-state index is 0.224. The summed E-state index contributed by atoms with van der Waals surface area (Å²) in [5, 5.41) is 3.42. The van der Waals surface area contributed by atoms with Crippen LogP contribution in [0, 0.1) is 0 Å². The van der Waals surface area contributed by atoms with E-state index in [0.29, 0.717) is 13.1 Å². The number of fused-ring (bicyclic) bond motifs is 1. The number of nitrogens with one attached hydrogen (secondary N) is 1. The molecule has 0 spiro atoms. The van der Waals surface area contributed by atoms with Crippen LogP contribution in [-0.2, 0) is 9.47 Å². The molecule has 7 nitrogen and oxygen atoms in total. The van der Waals surface area contributed by atoms with Gasteiger partial charge in [-0.2, -0.15) is 0 Å². The monoisotopic (exact) mass is 354 g/mol. The average molecular weight is 354 g/mol. The van der Waals surface area contributed by atoms with Crippen molar-refractivity contribution < 1.29 is 14.3 Å². The molecule has 0 aliphatic carbocycles. The van der Waals surface area contributed by atoms with Crippen molar-refractivity contribution in [3.8, 4) is 0 Å². The summed E-state index contributed by atoms with van der Waals surface area (Å²) < 4.78 is 11.0. The van der Waals surface area contributed by atoms with Crippen LogP contribution in [0.15, 0.2) is 4.99 Å². The second-order valence-electron chi connectivity index (χ2n) is 7.68. The predicted molar refractivity (Wildman–Crippen MR) is 98.9 cm³/mol. The molecular weight excluding hydrogens is 320 g/mol. The van der Waals surface area contributed by atoms with Crippen molar-refractivity contribution in [3.05, 3.63) is 0 Å². The van der Waals surface area contributed by atoms with E-state index >= 15 is 0 Å². The first-order chi connectivity index (χ1) is 11.9. The van der Waals surface area contributed by atoms with Crippen LogP contribution in [0.4, 0.5) is 4.79 Å². The Morgan fingerprint density at radius 2 is 2.04 bits per heavy atom. The number of unbranched alkanes of at least 4 members (excludes halogenated alkanes) is 1. The number of carbonyl (C=O) groups is 1. The quantitative estimate of drug-likeness (QED) is 0.709. The van der Waals surface area contributed by atoms with Gasteiger partial charge in [0.2, 0.25) is 0 Å². The van der Waals surface area contributed by atoms with Crippen LogP contribution >= 0.6 is 0 Å². The zero-order valence-electron chi connectivity index (χ0n) is 16.2. The molecule has 7 heteroatoms. The van der Waals surface area contributed by atoms with Crippen molar-refractivity contribution in [2.45, 2.75) is 58.6 Å². The predicted octanol–water partition coefficient (Wildman–Crippen LogP) is 2.07. The Morgan fingerprint density at radius 1 is 1.28 bits per heavy atom. The lowest BCUT2D eigenvalue weighted by atomic mass is 10.2. The van der Waals surface area contributed by atoms with Gasteiger partial charge in [0.1, 0.15) is 5.60 Å². The maximum atomic E-state index is 12.2. The van der Waals surface area contributed by atoms with Crippen LogP contribution < -0.4 is 5.32 Å². The van der Waals surface area contributed by atoms with Gasteiger partial charge in [-0.15, -0.1) is 0 Å². The SMILES string of the molecule is CCCCOCCCNC1=NCC2CN(C(=O)OC(C)(C)C)CCN12. The summed E-state index contributed by atoms with van der Waals surface area (Å²) in [6.45, 7) is 13.2. The van der Waals surface area contributed by atoms with Gasteiger partial charge in [-0.25, -0.2) is 4.79 Å². The largest absolute Gasteiger partial charge is 0.444 e. The number of rotatable bonds is 7. The van der Waals surface area contributed by atoms with E-state index in [4.69, 9.17) is 9.47 Å². The van der Waals surface area contributed by atoms with Gasteiger partial charge in [-0.3, -0.25) is 4.99 Å². The molecule has 25 heavy (non-hydrogen) atoms. The molecule has 0 aromatic rings. The summed E-state index contributed by atoms with van der Waals surface area (Å²) in [6, 6.07) is 0.254. The summed E-state index contributed by atoms with van der Waals surface area (Å²) in [7, 11) is 0. The van der Waals surface area contributed by atoms with Crippen molar-refractivity contribution in [1.29, 1.82) is 0 Å². The van der Waals surface area contributed by atoms with Gasteiger partial charge in [-0.05, 0) is 33.6 Å². The van der Waals surface area contributed by atoms with Crippen molar-refractivity contribution in [1.82, 2.24) is 15.1 Å². The number of piperazine rings is 1. The molecule has 0 aromatic heterocycles. The fourth-order valence-corrected chi connectivity index (χ4v) is 2.95. The van der Waals surface area contributed by atoms with E-state index in [1.807, 2.05) is 20.8 Å². The van der Waals surface area contributed by atoms with Crippen molar-refractivity contribution in [2.75, 3.05) is 45.9 Å². The lowest BCUT2D eigenvalue weighted by Gasteiger charge is -2.39. The van der Waals surface area contributed by atoms with E-state index in [0.717, 1.165) is 51.6 Å². The third-order valence-corrected chi connectivity index (χ3v) is 4.25. The number of aliphatic imine (C=N–C) groups is 1. The van der Waals surface area contributed by atoms with Gasteiger partial charge in [0.15, 0.2) is 5.96 Å². The van der Waals surface area contributed by atoms with Crippen LogP contribution in [0.1, 0.15) is 47.0 Å². The Bertz CT molecular complexity index is 462. The van der Waals surface area contributed by atoms with E-state index in [-0.39, 0.29) is 12.1 Å². The van der Waals surface area contributed by atoms with Crippen molar-refractivity contribution >= 4 is 12.1 Å². The normalized spacial score (nSPS) is 20.3. The lowest BCUT2D eigenvalue weighted by Crippen LogP contribution is -2.57. The number of guanidine groups is 1. The number of carbonyl (C=O) groups excluding carboxylic acids is 1. The van der Waals surface area contributed by atoms with E-state index in [9.17, 15) is 4.79 Å². The summed E-state index contributed by atoms with van der Waals surface area (Å²) in [4.78, 5) is 20.9. The number of nitrogens with zero attached hydrogens (tertiary/aromatic N) is 3. The minimum Gasteiger partial charge on any atom is -0.444 e. The van der Waals surface area contributed by atoms with Gasteiger partial charge in [-0.1, -0.05) is 13.3 Å². The minimum atomic E-state index is -0.452. The third-order valence-electron chi connectivity index (χ3n) is 4.25. The second-order valence-corrected chi connectivity index (χ2v) is 7.68. The molecule has 0 radical (unpaired) electrons. The summed E-state index contributed by atoms with van der Waals surface area (Å²) >= 11 is 0.